The summed E-state index contributed by atoms with van der Waals surface area (Å²) in [4.78, 5) is 39.3. The van der Waals surface area contributed by atoms with Crippen molar-refractivity contribution in [2.45, 2.75) is 6.92 Å². The van der Waals surface area contributed by atoms with E-state index in [1.54, 1.807) is 24.3 Å². The van der Waals surface area contributed by atoms with Crippen LogP contribution in [-0.2, 0) is 9.53 Å². The van der Waals surface area contributed by atoms with Gasteiger partial charge in [0.15, 0.2) is 11.4 Å². The molecule has 0 saturated heterocycles. The molecule has 0 atom stereocenters. The monoisotopic (exact) mass is 472 g/mol. The number of anilines is 1. The first-order valence-electron chi connectivity index (χ1n) is 9.97. The third kappa shape index (κ3) is 4.46. The Labute approximate surface area is 197 Å². The van der Waals surface area contributed by atoms with Crippen LogP contribution in [0.1, 0.15) is 23.0 Å². The summed E-state index contributed by atoms with van der Waals surface area (Å²) in [5.74, 6) is 1.27. The van der Waals surface area contributed by atoms with E-state index < -0.39 is 16.8 Å². The van der Waals surface area contributed by atoms with Crippen molar-refractivity contribution < 1.29 is 23.8 Å². The Bertz CT molecular complexity index is 1480. The lowest BCUT2D eigenvalue weighted by molar-refractivity contribution is -0.384. The molecule has 0 saturated carbocycles. The molecule has 0 bridgehead atoms. The highest BCUT2D eigenvalue weighted by atomic mass is 16.6. The fourth-order valence-electron chi connectivity index (χ4n) is 3.20. The van der Waals surface area contributed by atoms with E-state index in [0.717, 1.165) is 0 Å². The molecule has 4 aromatic rings. The van der Waals surface area contributed by atoms with Crippen molar-refractivity contribution in [1.29, 1.82) is 0 Å². The summed E-state index contributed by atoms with van der Waals surface area (Å²) >= 11 is 0. The van der Waals surface area contributed by atoms with Crippen LogP contribution in [0.2, 0.25) is 0 Å². The molecule has 0 aliphatic rings. The Morgan fingerprint density at radius 2 is 1.86 bits per heavy atom. The topological polar surface area (TPSA) is 155 Å². The summed E-state index contributed by atoms with van der Waals surface area (Å²) in [7, 11) is 1.19. The molecule has 4 rings (SSSR count). The molecule has 35 heavy (non-hydrogen) atoms. The van der Waals surface area contributed by atoms with Crippen LogP contribution in [-0.4, -0.2) is 43.8 Å². The van der Waals surface area contributed by atoms with Crippen LogP contribution in [0.15, 0.2) is 53.1 Å². The van der Waals surface area contributed by atoms with E-state index in [1.807, 2.05) is 0 Å². The zero-order valence-electron chi connectivity index (χ0n) is 18.4. The Hall–Kier alpha value is -5.31. The molecule has 174 valence electrons. The van der Waals surface area contributed by atoms with Crippen molar-refractivity contribution >= 4 is 23.3 Å². The van der Waals surface area contributed by atoms with Crippen LogP contribution in [0.5, 0.6) is 0 Å². The van der Waals surface area contributed by atoms with Crippen molar-refractivity contribution in [3.8, 4) is 41.0 Å². The van der Waals surface area contributed by atoms with Gasteiger partial charge in [0, 0.05) is 30.2 Å². The number of esters is 1. The second kappa shape index (κ2) is 9.28. The zero-order chi connectivity index (χ0) is 25.1. The zero-order valence-corrected chi connectivity index (χ0v) is 18.4. The van der Waals surface area contributed by atoms with Crippen LogP contribution in [0, 0.1) is 22.5 Å². The van der Waals surface area contributed by atoms with Crippen LogP contribution < -0.4 is 5.32 Å². The van der Waals surface area contributed by atoms with E-state index in [-0.39, 0.29) is 34.5 Å². The maximum absolute atomic E-state index is 12.7. The predicted molar refractivity (Wildman–Crippen MR) is 123 cm³/mol. The van der Waals surface area contributed by atoms with Gasteiger partial charge in [-0.25, -0.2) is 9.48 Å². The Kier molecular flexibility index (Phi) is 6.06. The summed E-state index contributed by atoms with van der Waals surface area (Å²) in [6.45, 7) is 1.27. The van der Waals surface area contributed by atoms with Crippen LogP contribution in [0.4, 0.5) is 11.4 Å². The smallest absolute Gasteiger partial charge is 0.359 e. The lowest BCUT2D eigenvalue weighted by Crippen LogP contribution is -2.15. The number of carbonyl (C=O) groups excluding carboxylic acids is 2. The first kappa shape index (κ1) is 22.9. The van der Waals surface area contributed by atoms with E-state index in [4.69, 9.17) is 15.7 Å². The third-order valence-electron chi connectivity index (χ3n) is 4.81. The quantitative estimate of drug-likeness (QED) is 0.193. The van der Waals surface area contributed by atoms with E-state index in [1.165, 1.54) is 43.0 Å². The molecule has 1 amide bonds. The van der Waals surface area contributed by atoms with Gasteiger partial charge in [0.05, 0.1) is 17.7 Å². The summed E-state index contributed by atoms with van der Waals surface area (Å²) in [5, 5.41) is 21.8. The number of nitrogens with zero attached hydrogens (tertiary/aromatic N) is 5. The number of hydrogen-bond donors (Lipinski definition) is 1. The number of hydrogen-bond acceptors (Lipinski definition) is 9. The number of ether oxygens (including phenoxy) is 1. The minimum atomic E-state index is -0.771. The molecular weight excluding hydrogens is 456 g/mol. The minimum Gasteiger partial charge on any atom is -0.464 e. The summed E-state index contributed by atoms with van der Waals surface area (Å²) < 4.78 is 11.5. The van der Waals surface area contributed by atoms with Crippen molar-refractivity contribution in [1.82, 2.24) is 19.9 Å². The van der Waals surface area contributed by atoms with Crippen molar-refractivity contribution in [3.63, 3.8) is 0 Å². The van der Waals surface area contributed by atoms with Gasteiger partial charge in [-0.15, -0.1) is 6.42 Å². The number of nitro groups is 1. The first-order chi connectivity index (χ1) is 16.8. The Morgan fingerprint density at radius 1 is 1.17 bits per heavy atom. The molecule has 0 aliphatic heterocycles. The number of methoxy groups -OCH3 is 1. The summed E-state index contributed by atoms with van der Waals surface area (Å²) in [5.41, 5.74) is 1.38. The fraction of sp³-hybridized carbons (Fsp3) is 0.0870. The summed E-state index contributed by atoms with van der Waals surface area (Å²) in [6, 6.07) is 12.1. The highest BCUT2D eigenvalue weighted by molar-refractivity contribution is 6.03. The highest BCUT2D eigenvalue weighted by Gasteiger charge is 2.29. The van der Waals surface area contributed by atoms with Gasteiger partial charge in [-0.05, 0) is 36.4 Å². The van der Waals surface area contributed by atoms with Gasteiger partial charge in [0.1, 0.15) is 5.69 Å². The molecule has 1 N–H and O–H groups in total. The van der Waals surface area contributed by atoms with Crippen molar-refractivity contribution in [3.05, 3.63) is 69.9 Å². The van der Waals surface area contributed by atoms with Gasteiger partial charge in [-0.3, -0.25) is 14.9 Å². The number of carbonyl (C=O) groups is 2. The second-order valence-electron chi connectivity index (χ2n) is 7.08. The standard InChI is InChI=1S/C23H16N6O6/c1-4-14-5-9-16(10-6-14)28-20(23(31)34-3)18(24-13(2)30)19(26-28)21-25-22(35-27-21)15-7-11-17(12-8-15)29(32)33/h1,5-12H,2-3H3,(H,24,30). The number of nitro benzene ring substituents is 1. The largest absolute Gasteiger partial charge is 0.464 e. The molecule has 0 fully saturated rings. The molecule has 2 aromatic heterocycles. The predicted octanol–water partition coefficient (Wildman–Crippen LogP) is 3.22. The van der Waals surface area contributed by atoms with Gasteiger partial charge in [0.25, 0.3) is 11.6 Å². The molecule has 12 heteroatoms. The highest BCUT2D eigenvalue weighted by Crippen LogP contribution is 2.33. The normalized spacial score (nSPS) is 10.4. The minimum absolute atomic E-state index is 0.0152. The first-order valence-corrected chi connectivity index (χ1v) is 9.97. The molecular formula is C23H16N6O6. The van der Waals surface area contributed by atoms with Crippen molar-refractivity contribution in [2.75, 3.05) is 12.4 Å². The van der Waals surface area contributed by atoms with Crippen LogP contribution >= 0.6 is 0 Å². The van der Waals surface area contributed by atoms with Gasteiger partial charge >= 0.3 is 5.97 Å². The number of non-ortho nitro benzene ring substituents is 1. The summed E-state index contributed by atoms with van der Waals surface area (Å²) in [6.07, 6.45) is 5.42. The van der Waals surface area contributed by atoms with Crippen molar-refractivity contribution in [2.24, 2.45) is 0 Å². The molecule has 0 spiro atoms. The number of terminal acetylenes is 1. The van der Waals surface area contributed by atoms with E-state index in [2.05, 4.69) is 26.5 Å². The Balaban J connectivity index is 1.86. The lowest BCUT2D eigenvalue weighted by atomic mass is 10.2. The number of nitrogens with one attached hydrogen (secondary N) is 1. The van der Waals surface area contributed by atoms with Gasteiger partial charge in [-0.2, -0.15) is 10.1 Å². The molecule has 12 nitrogen and oxygen atoms in total. The molecule has 0 aliphatic carbocycles. The number of amides is 1. The van der Waals surface area contributed by atoms with Gasteiger partial charge in [0.2, 0.25) is 11.7 Å². The van der Waals surface area contributed by atoms with Gasteiger partial charge < -0.3 is 14.6 Å². The second-order valence-corrected chi connectivity index (χ2v) is 7.08. The lowest BCUT2D eigenvalue weighted by Gasteiger charge is -2.08. The molecule has 2 aromatic carbocycles. The van der Waals surface area contributed by atoms with Gasteiger partial charge in [-0.1, -0.05) is 11.1 Å². The number of rotatable bonds is 6. The average molecular weight is 472 g/mol. The molecule has 0 radical (unpaired) electrons. The number of aromatic nitrogens is 4. The van der Waals surface area contributed by atoms with Crippen LogP contribution in [0.3, 0.4) is 0 Å². The molecule has 0 unspecified atom stereocenters. The SMILES string of the molecule is C#Cc1ccc(-n2nc(-c3noc(-c4ccc([N+](=O)[O-])cc4)n3)c(NC(C)=O)c2C(=O)OC)cc1. The maximum Gasteiger partial charge on any atom is 0.359 e. The maximum atomic E-state index is 12.7. The third-order valence-corrected chi connectivity index (χ3v) is 4.81. The van der Waals surface area contributed by atoms with Crippen LogP contribution in [0.25, 0.3) is 28.7 Å². The van der Waals surface area contributed by atoms with E-state index >= 15 is 0 Å². The Morgan fingerprint density at radius 3 is 2.43 bits per heavy atom. The number of benzene rings is 2. The van der Waals surface area contributed by atoms with E-state index in [0.29, 0.717) is 16.8 Å². The molecule has 2 heterocycles. The average Bonchev–Trinajstić information content (AvgIpc) is 3.48. The fourth-order valence-corrected chi connectivity index (χ4v) is 3.20. The van der Waals surface area contributed by atoms with E-state index in [9.17, 15) is 19.7 Å².